The van der Waals surface area contributed by atoms with Crippen LogP contribution in [0.3, 0.4) is 0 Å². The number of hydrogen-bond acceptors (Lipinski definition) is 4. The van der Waals surface area contributed by atoms with Crippen LogP contribution in [0.15, 0.2) is 42.5 Å². The van der Waals surface area contributed by atoms with Crippen molar-refractivity contribution in [1.29, 1.82) is 0 Å². The zero-order chi connectivity index (χ0) is 20.2. The van der Waals surface area contributed by atoms with E-state index in [1.807, 2.05) is 0 Å². The highest BCUT2D eigenvalue weighted by atomic mass is 16.5. The van der Waals surface area contributed by atoms with Gasteiger partial charge < -0.3 is 19.3 Å². The molecule has 1 aliphatic carbocycles. The fourth-order valence-corrected chi connectivity index (χ4v) is 4.61. The van der Waals surface area contributed by atoms with E-state index >= 15 is 0 Å². The Morgan fingerprint density at radius 3 is 2.72 bits per heavy atom. The highest BCUT2D eigenvalue weighted by Gasteiger charge is 2.29. The van der Waals surface area contributed by atoms with Gasteiger partial charge in [0.15, 0.2) is 11.5 Å². The molecule has 29 heavy (non-hydrogen) atoms. The second-order valence-electron chi connectivity index (χ2n) is 8.16. The summed E-state index contributed by atoms with van der Waals surface area (Å²) >= 11 is 0. The van der Waals surface area contributed by atoms with Crippen LogP contribution in [0.5, 0.6) is 11.5 Å². The molecule has 154 valence electrons. The van der Waals surface area contributed by atoms with Crippen LogP contribution in [-0.4, -0.2) is 52.3 Å². The second-order valence-corrected chi connectivity index (χ2v) is 8.16. The smallest absolute Gasteiger partial charge is 0.161 e. The summed E-state index contributed by atoms with van der Waals surface area (Å²) < 4.78 is 10.9. The van der Waals surface area contributed by atoms with Gasteiger partial charge in [0.1, 0.15) is 0 Å². The normalized spacial score (nSPS) is 17.4. The number of ether oxygens (including phenoxy) is 2. The summed E-state index contributed by atoms with van der Waals surface area (Å²) in [4.78, 5) is 5.02. The summed E-state index contributed by atoms with van der Waals surface area (Å²) in [6, 6.07) is 13.0. The lowest BCUT2D eigenvalue weighted by Gasteiger charge is -2.34. The topological polar surface area (TPSA) is 24.9 Å². The summed E-state index contributed by atoms with van der Waals surface area (Å²) in [5, 5.41) is 0. The van der Waals surface area contributed by atoms with Crippen molar-refractivity contribution in [2.24, 2.45) is 0 Å². The minimum absolute atomic E-state index is 0.595. The summed E-state index contributed by atoms with van der Waals surface area (Å²) in [5.74, 6) is 2.27. The van der Waals surface area contributed by atoms with Gasteiger partial charge in [-0.3, -0.25) is 0 Å². The van der Waals surface area contributed by atoms with Crippen molar-refractivity contribution in [3.8, 4) is 11.5 Å². The van der Waals surface area contributed by atoms with Crippen molar-refractivity contribution in [2.75, 3.05) is 52.3 Å². The zero-order valence-electron chi connectivity index (χ0n) is 17.9. The highest BCUT2D eigenvalue weighted by Crippen LogP contribution is 2.42. The third-order valence-electron chi connectivity index (χ3n) is 6.19. The van der Waals surface area contributed by atoms with Gasteiger partial charge in [0, 0.05) is 31.2 Å². The van der Waals surface area contributed by atoms with Crippen LogP contribution in [0.1, 0.15) is 35.4 Å². The molecule has 0 unspecified atom stereocenters. The van der Waals surface area contributed by atoms with E-state index in [1.165, 1.54) is 28.8 Å². The van der Waals surface area contributed by atoms with E-state index in [2.05, 4.69) is 65.4 Å². The van der Waals surface area contributed by atoms with E-state index in [1.54, 1.807) is 14.2 Å². The number of methoxy groups -OCH3 is 2. The Morgan fingerprint density at radius 2 is 1.90 bits per heavy atom. The summed E-state index contributed by atoms with van der Waals surface area (Å²) in [5.41, 5.74) is 5.53. The number of hydrogen-bond donors (Lipinski definition) is 0. The molecule has 2 aromatic rings. The average molecular weight is 393 g/mol. The minimum atomic E-state index is 0.595. The predicted molar refractivity (Wildman–Crippen MR) is 120 cm³/mol. The fraction of sp³-hybridized carbons (Fsp3) is 0.440. The largest absolute Gasteiger partial charge is 0.493 e. The van der Waals surface area contributed by atoms with Crippen LogP contribution >= 0.6 is 0 Å². The molecule has 0 amide bonds. The van der Waals surface area contributed by atoms with Crippen LogP contribution in [-0.2, 0) is 6.42 Å². The number of likely N-dealkylation sites (N-methyl/N-ethyl adjacent to an activating group) is 1. The van der Waals surface area contributed by atoms with Gasteiger partial charge in [-0.1, -0.05) is 30.4 Å². The number of benzene rings is 2. The molecule has 0 bridgehead atoms. The third-order valence-corrected chi connectivity index (χ3v) is 6.19. The monoisotopic (exact) mass is 392 g/mol. The van der Waals surface area contributed by atoms with Gasteiger partial charge in [0.25, 0.3) is 0 Å². The number of fused-ring (bicyclic) bond motifs is 2. The van der Waals surface area contributed by atoms with Gasteiger partial charge in [-0.2, -0.15) is 0 Å². The van der Waals surface area contributed by atoms with Gasteiger partial charge in [-0.15, -0.1) is 0 Å². The van der Waals surface area contributed by atoms with Gasteiger partial charge in [0.05, 0.1) is 14.2 Å². The van der Waals surface area contributed by atoms with Crippen LogP contribution in [0.4, 0.5) is 5.69 Å². The maximum atomic E-state index is 5.48. The SMILES string of the molecule is COc1cc2c(cc1OC)[C@@H](CN(C)CCCN1CCC=Cc3ccccc31)C2. The lowest BCUT2D eigenvalue weighted by Crippen LogP contribution is -2.33. The summed E-state index contributed by atoms with van der Waals surface area (Å²) in [7, 11) is 5.66. The third kappa shape index (κ3) is 4.27. The summed E-state index contributed by atoms with van der Waals surface area (Å²) in [6.45, 7) is 4.43. The maximum absolute atomic E-state index is 5.48. The molecule has 0 saturated heterocycles. The standard InChI is InChI=1S/C25H32N2O2/c1-26(18-21-15-20-16-24(28-2)25(29-3)17-22(20)21)12-8-14-27-13-7-6-10-19-9-4-5-11-23(19)27/h4-6,9-11,16-17,21H,7-8,12-15,18H2,1-3H3/t21-/m1/s1. The maximum Gasteiger partial charge on any atom is 0.161 e. The molecular formula is C25H32N2O2. The van der Waals surface area contributed by atoms with Crippen molar-refractivity contribution in [2.45, 2.75) is 25.2 Å². The molecule has 0 fully saturated rings. The molecule has 0 radical (unpaired) electrons. The molecule has 0 saturated carbocycles. The van der Waals surface area contributed by atoms with Crippen LogP contribution in [0.2, 0.25) is 0 Å². The predicted octanol–water partition coefficient (Wildman–Crippen LogP) is 4.59. The Kier molecular flexibility index (Phi) is 6.10. The van der Waals surface area contributed by atoms with Crippen LogP contribution < -0.4 is 14.4 Å². The molecule has 0 aromatic heterocycles. The number of rotatable bonds is 8. The Hall–Kier alpha value is -2.46. The molecule has 4 heteroatoms. The fourth-order valence-electron chi connectivity index (χ4n) is 4.61. The first-order chi connectivity index (χ1) is 14.2. The average Bonchev–Trinajstić information content (AvgIpc) is 2.94. The van der Waals surface area contributed by atoms with Crippen molar-refractivity contribution >= 4 is 11.8 Å². The minimum Gasteiger partial charge on any atom is -0.493 e. The van der Waals surface area contributed by atoms with Gasteiger partial charge >= 0.3 is 0 Å². The quantitative estimate of drug-likeness (QED) is 0.656. The van der Waals surface area contributed by atoms with E-state index in [9.17, 15) is 0 Å². The Bertz CT molecular complexity index is 877. The van der Waals surface area contributed by atoms with Crippen molar-refractivity contribution in [3.63, 3.8) is 0 Å². The van der Waals surface area contributed by atoms with E-state index in [4.69, 9.17) is 9.47 Å². The molecule has 1 heterocycles. The molecule has 4 nitrogen and oxygen atoms in total. The molecular weight excluding hydrogens is 360 g/mol. The lowest BCUT2D eigenvalue weighted by molar-refractivity contribution is 0.293. The molecule has 4 rings (SSSR count). The lowest BCUT2D eigenvalue weighted by atomic mass is 9.77. The number of nitrogens with zero attached hydrogens (tertiary/aromatic N) is 2. The molecule has 1 aliphatic heterocycles. The molecule has 0 N–H and O–H groups in total. The number of anilines is 1. The Morgan fingerprint density at radius 1 is 1.10 bits per heavy atom. The van der Waals surface area contributed by atoms with E-state index in [0.29, 0.717) is 5.92 Å². The zero-order valence-corrected chi connectivity index (χ0v) is 17.9. The highest BCUT2D eigenvalue weighted by molar-refractivity contribution is 5.68. The van der Waals surface area contributed by atoms with Gasteiger partial charge in [-0.05, 0) is 67.7 Å². The second kappa shape index (κ2) is 8.91. The first kappa shape index (κ1) is 19.8. The molecule has 0 spiro atoms. The van der Waals surface area contributed by atoms with E-state index < -0.39 is 0 Å². The van der Waals surface area contributed by atoms with Crippen LogP contribution in [0.25, 0.3) is 6.08 Å². The Labute approximate surface area is 174 Å². The molecule has 2 aliphatic rings. The number of para-hydroxylation sites is 1. The van der Waals surface area contributed by atoms with Crippen molar-refractivity contribution in [3.05, 3.63) is 59.2 Å². The molecule has 1 atom stereocenters. The van der Waals surface area contributed by atoms with E-state index in [0.717, 1.165) is 50.5 Å². The first-order valence-corrected chi connectivity index (χ1v) is 10.6. The summed E-state index contributed by atoms with van der Waals surface area (Å²) in [6.07, 6.45) is 7.98. The van der Waals surface area contributed by atoms with Gasteiger partial charge in [-0.25, -0.2) is 0 Å². The first-order valence-electron chi connectivity index (χ1n) is 10.6. The van der Waals surface area contributed by atoms with E-state index in [-0.39, 0.29) is 0 Å². The van der Waals surface area contributed by atoms with Crippen LogP contribution in [0, 0.1) is 0 Å². The van der Waals surface area contributed by atoms with Crippen molar-refractivity contribution < 1.29 is 9.47 Å². The van der Waals surface area contributed by atoms with Gasteiger partial charge in [0.2, 0.25) is 0 Å². The molecule has 2 aromatic carbocycles. The van der Waals surface area contributed by atoms with Crippen molar-refractivity contribution in [1.82, 2.24) is 4.90 Å². The Balaban J connectivity index is 1.29.